The third-order valence-corrected chi connectivity index (χ3v) is 11.6. The summed E-state index contributed by atoms with van der Waals surface area (Å²) in [7, 11) is 2.61. The molecule has 0 radical (unpaired) electrons. The van der Waals surface area contributed by atoms with Crippen molar-refractivity contribution in [2.75, 3.05) is 40.3 Å². The van der Waals surface area contributed by atoms with Gasteiger partial charge in [-0.2, -0.15) is 13.2 Å². The number of hydrogen-bond donors (Lipinski definition) is 2. The number of likely N-dealkylation sites (tertiary alicyclic amines) is 1. The fourth-order valence-corrected chi connectivity index (χ4v) is 8.20. The lowest BCUT2D eigenvalue weighted by Gasteiger charge is -2.48. The molecule has 2 N–H and O–H groups in total. The normalized spacial score (nSPS) is 16.6. The van der Waals surface area contributed by atoms with Crippen molar-refractivity contribution < 1.29 is 27.6 Å². The van der Waals surface area contributed by atoms with Crippen molar-refractivity contribution in [3.63, 3.8) is 0 Å². The van der Waals surface area contributed by atoms with Crippen molar-refractivity contribution in [3.05, 3.63) is 141 Å². The topological polar surface area (TPSA) is 85.0 Å². The maximum atomic E-state index is 14.6. The molecule has 6 rings (SSSR count). The van der Waals surface area contributed by atoms with Crippen LogP contribution in [0.3, 0.4) is 0 Å². The number of alkyl halides is 3. The number of fused-ring (bicyclic) bond motifs is 2. The number of hydrogen-bond acceptors (Lipinski definition) is 4. The van der Waals surface area contributed by atoms with E-state index >= 15 is 0 Å². The summed E-state index contributed by atoms with van der Waals surface area (Å²) in [6, 6.07) is 30.2. The van der Waals surface area contributed by atoms with Crippen molar-refractivity contribution in [1.29, 1.82) is 0 Å². The molecule has 0 saturated carbocycles. The van der Waals surface area contributed by atoms with E-state index in [9.17, 15) is 27.6 Å². The fraction of sp³-hybridized carbons (Fsp3) is 0.341. The highest BCUT2D eigenvalue weighted by Crippen LogP contribution is 2.41. The summed E-state index contributed by atoms with van der Waals surface area (Å²) in [5.74, 6) is -2.08. The molecule has 13 heteroatoms. The molecule has 4 aromatic rings. The summed E-state index contributed by atoms with van der Waals surface area (Å²) >= 11 is 12.9. The van der Waals surface area contributed by atoms with Crippen molar-refractivity contribution >= 4 is 41.0 Å². The second-order valence-electron chi connectivity index (χ2n) is 14.1. The molecule has 1 atom stereocenters. The largest absolute Gasteiger partial charge is 0.471 e. The molecule has 4 amide bonds. The molecular formula is C41H42Cl2F3N5O3. The van der Waals surface area contributed by atoms with Gasteiger partial charge in [-0.1, -0.05) is 114 Å². The lowest BCUT2D eigenvalue weighted by molar-refractivity contribution is -0.185. The van der Waals surface area contributed by atoms with Crippen LogP contribution in [0, 0.1) is 0 Å². The van der Waals surface area contributed by atoms with E-state index in [1.54, 1.807) is 12.1 Å². The van der Waals surface area contributed by atoms with Gasteiger partial charge in [-0.15, -0.1) is 0 Å². The Hall–Kier alpha value is -4.58. The zero-order valence-corrected chi connectivity index (χ0v) is 31.5. The minimum atomic E-state index is -5.15. The Morgan fingerprint density at radius 2 is 1.46 bits per heavy atom. The molecule has 0 bridgehead atoms. The number of benzene rings is 4. The highest BCUT2D eigenvalue weighted by atomic mass is 35.5. The van der Waals surface area contributed by atoms with Gasteiger partial charge in [0.1, 0.15) is 0 Å². The summed E-state index contributed by atoms with van der Waals surface area (Å²) in [6.07, 6.45) is -3.46. The first-order valence-corrected chi connectivity index (χ1v) is 18.5. The predicted octanol–water partition coefficient (Wildman–Crippen LogP) is 7.69. The molecule has 0 aromatic heterocycles. The Bertz CT molecular complexity index is 1940. The first kappa shape index (κ1) is 39.1. The van der Waals surface area contributed by atoms with Crippen LogP contribution in [0.2, 0.25) is 10.0 Å². The molecule has 54 heavy (non-hydrogen) atoms. The summed E-state index contributed by atoms with van der Waals surface area (Å²) in [5.41, 5.74) is 2.07. The minimum Gasteiger partial charge on any atom is -0.346 e. The number of carbonyl (C=O) groups excluding carboxylic acids is 3. The molecule has 4 aromatic carbocycles. The van der Waals surface area contributed by atoms with E-state index in [4.69, 9.17) is 23.2 Å². The first-order chi connectivity index (χ1) is 25.7. The average molecular weight is 781 g/mol. The van der Waals surface area contributed by atoms with E-state index in [1.165, 1.54) is 18.0 Å². The molecule has 2 aliphatic heterocycles. The van der Waals surface area contributed by atoms with Gasteiger partial charge < -0.3 is 25.3 Å². The molecule has 0 unspecified atom stereocenters. The molecule has 284 valence electrons. The van der Waals surface area contributed by atoms with E-state index in [0.717, 1.165) is 29.3 Å². The number of nitrogens with zero attached hydrogens (tertiary/aromatic N) is 3. The van der Waals surface area contributed by atoms with Crippen LogP contribution in [-0.2, 0) is 27.1 Å². The van der Waals surface area contributed by atoms with E-state index in [2.05, 4.69) is 21.6 Å². The van der Waals surface area contributed by atoms with Crippen LogP contribution in [0.1, 0.15) is 53.1 Å². The van der Waals surface area contributed by atoms with Crippen molar-refractivity contribution in [3.8, 4) is 0 Å². The molecular weight excluding hydrogens is 738 g/mol. The van der Waals surface area contributed by atoms with Gasteiger partial charge in [0.15, 0.2) is 0 Å². The molecule has 1 saturated heterocycles. The first-order valence-electron chi connectivity index (χ1n) is 17.8. The van der Waals surface area contributed by atoms with Gasteiger partial charge in [0.25, 0.3) is 0 Å². The Labute approximate surface area is 323 Å². The maximum absolute atomic E-state index is 14.6. The second-order valence-corrected chi connectivity index (χ2v) is 15.0. The quantitative estimate of drug-likeness (QED) is 0.173. The van der Waals surface area contributed by atoms with Crippen LogP contribution < -0.4 is 10.6 Å². The number of urea groups is 1. The third kappa shape index (κ3) is 8.23. The van der Waals surface area contributed by atoms with Crippen LogP contribution in [0.4, 0.5) is 18.0 Å². The van der Waals surface area contributed by atoms with Crippen LogP contribution in [-0.4, -0.2) is 79.0 Å². The van der Waals surface area contributed by atoms with E-state index in [-0.39, 0.29) is 22.4 Å². The van der Waals surface area contributed by atoms with Gasteiger partial charge in [-0.05, 0) is 59.2 Å². The predicted molar refractivity (Wildman–Crippen MR) is 203 cm³/mol. The number of nitrogens with one attached hydrogen (secondary N) is 2. The molecule has 2 heterocycles. The number of carbonyl (C=O) groups is 3. The maximum Gasteiger partial charge on any atom is 0.471 e. The molecule has 1 spiro atoms. The zero-order valence-electron chi connectivity index (χ0n) is 30.0. The molecule has 8 nitrogen and oxygen atoms in total. The average Bonchev–Trinajstić information content (AvgIpc) is 3.16. The van der Waals surface area contributed by atoms with Crippen molar-refractivity contribution in [2.24, 2.45) is 0 Å². The van der Waals surface area contributed by atoms with Gasteiger partial charge in [-0.3, -0.25) is 9.59 Å². The standard InChI is InChI=1S/C41H42Cl2F3N5O3/c1-49(37(53)41(44,45)46)27-40(31-17-18-33(42)34(43)26-31,50(2)38(54)47-36(28-11-5-3-6-12-28)29-13-7-4-8-14-29)21-24-51-22-19-39(20-23-51)32-16-10-9-15-30(32)25-35(52)48-39/h3-18,26,36H,19-25,27H2,1-2H3,(H,47,54)(H,48,52)/t40-/m1/s1. The lowest BCUT2D eigenvalue weighted by atomic mass is 9.75. The van der Waals surface area contributed by atoms with E-state index < -0.39 is 41.8 Å². The van der Waals surface area contributed by atoms with Gasteiger partial charge in [0, 0.05) is 40.3 Å². The monoisotopic (exact) mass is 779 g/mol. The SMILES string of the molecule is CN(C[C@](CCN1CCC2(CC1)NC(=O)Cc1ccccc12)(c1ccc(Cl)c(Cl)c1)N(C)C(=O)NC(c1ccccc1)c1ccccc1)C(=O)C(F)(F)F. The Morgan fingerprint density at radius 3 is 2.06 bits per heavy atom. The van der Waals surface area contributed by atoms with Gasteiger partial charge in [0.2, 0.25) is 5.91 Å². The number of amides is 4. The summed E-state index contributed by atoms with van der Waals surface area (Å²) in [5, 5.41) is 6.74. The molecule has 0 aliphatic carbocycles. The number of halogens is 5. The zero-order chi connectivity index (χ0) is 38.7. The summed E-state index contributed by atoms with van der Waals surface area (Å²) in [4.78, 5) is 44.3. The summed E-state index contributed by atoms with van der Waals surface area (Å²) < 4.78 is 41.8. The van der Waals surface area contributed by atoms with E-state index in [0.29, 0.717) is 49.4 Å². The third-order valence-electron chi connectivity index (χ3n) is 10.8. The highest BCUT2D eigenvalue weighted by Gasteiger charge is 2.48. The number of rotatable bonds is 10. The van der Waals surface area contributed by atoms with Gasteiger partial charge in [0.05, 0.1) is 33.6 Å². The molecule has 1 fully saturated rings. The fourth-order valence-electron chi connectivity index (χ4n) is 7.90. The highest BCUT2D eigenvalue weighted by molar-refractivity contribution is 6.42. The smallest absolute Gasteiger partial charge is 0.346 e. The van der Waals surface area contributed by atoms with Crippen LogP contribution in [0.25, 0.3) is 0 Å². The number of likely N-dealkylation sites (N-methyl/N-ethyl adjacent to an activating group) is 2. The van der Waals surface area contributed by atoms with Crippen LogP contribution in [0.5, 0.6) is 0 Å². The van der Waals surface area contributed by atoms with Gasteiger partial charge >= 0.3 is 18.1 Å². The lowest BCUT2D eigenvalue weighted by Crippen LogP contribution is -2.60. The Kier molecular flexibility index (Phi) is 11.6. The van der Waals surface area contributed by atoms with Crippen LogP contribution >= 0.6 is 23.2 Å². The Morgan fingerprint density at radius 1 is 0.870 bits per heavy atom. The number of piperidine rings is 1. The van der Waals surface area contributed by atoms with Gasteiger partial charge in [-0.25, -0.2) is 4.79 Å². The summed E-state index contributed by atoms with van der Waals surface area (Å²) in [6.45, 7) is 0.987. The molecule has 2 aliphatic rings. The second kappa shape index (κ2) is 16.0. The van der Waals surface area contributed by atoms with Crippen LogP contribution in [0.15, 0.2) is 103 Å². The van der Waals surface area contributed by atoms with Crippen molar-refractivity contribution in [2.45, 2.75) is 49.0 Å². The Balaban J connectivity index is 1.35. The minimum absolute atomic E-state index is 0.0323. The van der Waals surface area contributed by atoms with E-state index in [1.807, 2.05) is 78.9 Å². The van der Waals surface area contributed by atoms with Crippen molar-refractivity contribution in [1.82, 2.24) is 25.3 Å².